The van der Waals surface area contributed by atoms with E-state index in [0.29, 0.717) is 17.2 Å². The molecule has 6 heteroatoms. The second kappa shape index (κ2) is 10.0. The number of benzene rings is 1. The zero-order valence-corrected chi connectivity index (χ0v) is 17.7. The van der Waals surface area contributed by atoms with Gasteiger partial charge in [0.15, 0.2) is 5.78 Å². The van der Waals surface area contributed by atoms with E-state index < -0.39 is 0 Å². The van der Waals surface area contributed by atoms with Crippen LogP contribution in [0.1, 0.15) is 62.7 Å². The van der Waals surface area contributed by atoms with E-state index in [1.807, 2.05) is 6.92 Å². The number of hydrogen-bond donors (Lipinski definition) is 1. The minimum absolute atomic E-state index is 0.00818. The Kier molecular flexibility index (Phi) is 7.42. The highest BCUT2D eigenvalue weighted by molar-refractivity contribution is 5.97. The maximum atomic E-state index is 12.8. The molecule has 3 rings (SSSR count). The van der Waals surface area contributed by atoms with Gasteiger partial charge in [-0.2, -0.15) is 0 Å². The molecule has 1 aromatic carbocycles. The Bertz CT molecular complexity index is 715. The summed E-state index contributed by atoms with van der Waals surface area (Å²) in [6.45, 7) is 6.78. The van der Waals surface area contributed by atoms with Gasteiger partial charge in [0, 0.05) is 30.3 Å². The Morgan fingerprint density at radius 3 is 2.07 bits per heavy atom. The van der Waals surface area contributed by atoms with Crippen molar-refractivity contribution in [2.75, 3.05) is 31.5 Å². The molecule has 2 aliphatic rings. The molecule has 2 fully saturated rings. The number of rotatable bonds is 5. The maximum Gasteiger partial charge on any atom is 0.241 e. The molecule has 0 bridgehead atoms. The molecular weight excluding hydrogens is 366 g/mol. The van der Waals surface area contributed by atoms with Crippen LogP contribution in [0.4, 0.5) is 5.69 Å². The summed E-state index contributed by atoms with van der Waals surface area (Å²) in [5.41, 5.74) is 1.32. The number of anilines is 1. The molecule has 2 saturated heterocycles. The van der Waals surface area contributed by atoms with Crippen LogP contribution in [-0.2, 0) is 9.59 Å². The number of likely N-dealkylation sites (tertiary alicyclic amines) is 2. The van der Waals surface area contributed by atoms with Gasteiger partial charge in [-0.15, -0.1) is 0 Å². The van der Waals surface area contributed by atoms with Gasteiger partial charge in [-0.1, -0.05) is 12.8 Å². The fourth-order valence-corrected chi connectivity index (χ4v) is 4.28. The quantitative estimate of drug-likeness (QED) is 0.771. The predicted molar refractivity (Wildman–Crippen MR) is 114 cm³/mol. The SMILES string of the molecule is CC(=O)c1ccc(NC(=O)C(C)N2CCC(C(=O)N3CCCCCC3)CC2)cc1. The summed E-state index contributed by atoms with van der Waals surface area (Å²) in [6.07, 6.45) is 6.34. The molecule has 29 heavy (non-hydrogen) atoms. The predicted octanol–water partition coefficient (Wildman–Crippen LogP) is 3.33. The first-order valence-electron chi connectivity index (χ1n) is 10.9. The zero-order valence-electron chi connectivity index (χ0n) is 17.7. The van der Waals surface area contributed by atoms with E-state index >= 15 is 0 Å². The highest BCUT2D eigenvalue weighted by Crippen LogP contribution is 2.23. The summed E-state index contributed by atoms with van der Waals surface area (Å²) >= 11 is 0. The van der Waals surface area contributed by atoms with E-state index in [9.17, 15) is 14.4 Å². The van der Waals surface area contributed by atoms with E-state index in [1.165, 1.54) is 19.8 Å². The van der Waals surface area contributed by atoms with Crippen molar-refractivity contribution in [3.63, 3.8) is 0 Å². The number of nitrogens with zero attached hydrogens (tertiary/aromatic N) is 2. The molecular formula is C23H33N3O3. The van der Waals surface area contributed by atoms with Gasteiger partial charge in [0.2, 0.25) is 11.8 Å². The number of Topliss-reactive ketones (excluding diaryl/α,β-unsaturated/α-hetero) is 1. The van der Waals surface area contributed by atoms with Crippen LogP contribution in [0.5, 0.6) is 0 Å². The van der Waals surface area contributed by atoms with E-state index in [4.69, 9.17) is 0 Å². The van der Waals surface area contributed by atoms with Gasteiger partial charge in [0.1, 0.15) is 0 Å². The van der Waals surface area contributed by atoms with Crippen LogP contribution in [0.3, 0.4) is 0 Å². The van der Waals surface area contributed by atoms with Gasteiger partial charge >= 0.3 is 0 Å². The summed E-state index contributed by atoms with van der Waals surface area (Å²) in [7, 11) is 0. The second-order valence-corrected chi connectivity index (χ2v) is 8.35. The van der Waals surface area contributed by atoms with Crippen LogP contribution in [0.15, 0.2) is 24.3 Å². The van der Waals surface area contributed by atoms with Crippen molar-refractivity contribution in [1.82, 2.24) is 9.80 Å². The molecule has 1 unspecified atom stereocenters. The minimum Gasteiger partial charge on any atom is -0.342 e. The maximum absolute atomic E-state index is 12.8. The first kappa shape index (κ1) is 21.5. The van der Waals surface area contributed by atoms with Crippen LogP contribution in [0.25, 0.3) is 0 Å². The lowest BCUT2D eigenvalue weighted by atomic mass is 9.94. The van der Waals surface area contributed by atoms with Gasteiger partial charge in [-0.25, -0.2) is 0 Å². The highest BCUT2D eigenvalue weighted by atomic mass is 16.2. The molecule has 0 aromatic heterocycles. The Labute approximate surface area is 173 Å². The summed E-state index contributed by atoms with van der Waals surface area (Å²) in [5, 5.41) is 2.93. The third-order valence-electron chi connectivity index (χ3n) is 6.28. The van der Waals surface area contributed by atoms with Crippen molar-refractivity contribution in [3.8, 4) is 0 Å². The Hall–Kier alpha value is -2.21. The molecule has 1 N–H and O–H groups in total. The van der Waals surface area contributed by atoms with Gasteiger partial charge in [-0.05, 0) is 76.9 Å². The number of carbonyl (C=O) groups is 3. The molecule has 6 nitrogen and oxygen atoms in total. The van der Waals surface area contributed by atoms with Crippen LogP contribution >= 0.6 is 0 Å². The van der Waals surface area contributed by atoms with Gasteiger partial charge < -0.3 is 10.2 Å². The van der Waals surface area contributed by atoms with Crippen LogP contribution in [-0.4, -0.2) is 59.6 Å². The summed E-state index contributed by atoms with van der Waals surface area (Å²) < 4.78 is 0. The number of nitrogens with one attached hydrogen (secondary N) is 1. The number of piperidine rings is 1. The fourth-order valence-electron chi connectivity index (χ4n) is 4.28. The van der Waals surface area contributed by atoms with Gasteiger partial charge in [-0.3, -0.25) is 19.3 Å². The standard InChI is InChI=1S/C23H33N3O3/c1-17(22(28)24-21-9-7-19(8-10-21)18(2)27)25-15-11-20(12-16-25)23(29)26-13-5-3-4-6-14-26/h7-10,17,20H,3-6,11-16H2,1-2H3,(H,24,28). The minimum atomic E-state index is -0.253. The molecule has 2 amide bonds. The zero-order chi connectivity index (χ0) is 20.8. The van der Waals surface area contributed by atoms with Crippen molar-refractivity contribution >= 4 is 23.3 Å². The molecule has 2 heterocycles. The Morgan fingerprint density at radius 2 is 1.52 bits per heavy atom. The molecule has 0 spiro atoms. The largest absolute Gasteiger partial charge is 0.342 e. The lowest BCUT2D eigenvalue weighted by molar-refractivity contribution is -0.137. The highest BCUT2D eigenvalue weighted by Gasteiger charge is 2.32. The lowest BCUT2D eigenvalue weighted by Crippen LogP contribution is -2.48. The summed E-state index contributed by atoms with van der Waals surface area (Å²) in [5.74, 6) is 0.361. The third-order valence-corrected chi connectivity index (χ3v) is 6.28. The second-order valence-electron chi connectivity index (χ2n) is 8.35. The van der Waals surface area contributed by atoms with Crippen molar-refractivity contribution in [1.29, 1.82) is 0 Å². The van der Waals surface area contributed by atoms with E-state index in [0.717, 1.165) is 51.9 Å². The molecule has 1 aromatic rings. The molecule has 0 saturated carbocycles. The normalized spacial score (nSPS) is 20.0. The lowest BCUT2D eigenvalue weighted by Gasteiger charge is -2.36. The van der Waals surface area contributed by atoms with Crippen LogP contribution in [0, 0.1) is 5.92 Å². The van der Waals surface area contributed by atoms with E-state index in [1.54, 1.807) is 24.3 Å². The molecule has 2 aliphatic heterocycles. The molecule has 0 radical (unpaired) electrons. The summed E-state index contributed by atoms with van der Waals surface area (Å²) in [6, 6.07) is 6.71. The van der Waals surface area contributed by atoms with Gasteiger partial charge in [0.05, 0.1) is 6.04 Å². The molecule has 1 atom stereocenters. The molecule has 0 aliphatic carbocycles. The average Bonchev–Trinajstić information content (AvgIpc) is 3.02. The number of ketones is 1. The Morgan fingerprint density at radius 1 is 0.931 bits per heavy atom. The average molecular weight is 400 g/mol. The van der Waals surface area contributed by atoms with Gasteiger partial charge in [0.25, 0.3) is 0 Å². The molecule has 158 valence electrons. The summed E-state index contributed by atoms with van der Waals surface area (Å²) in [4.78, 5) is 41.1. The van der Waals surface area contributed by atoms with Crippen molar-refractivity contribution in [2.45, 2.75) is 58.4 Å². The van der Waals surface area contributed by atoms with Crippen LogP contribution in [0.2, 0.25) is 0 Å². The fraction of sp³-hybridized carbons (Fsp3) is 0.609. The van der Waals surface area contributed by atoms with Crippen molar-refractivity contribution in [3.05, 3.63) is 29.8 Å². The van der Waals surface area contributed by atoms with Crippen LogP contribution < -0.4 is 5.32 Å². The van der Waals surface area contributed by atoms with E-state index in [-0.39, 0.29) is 23.7 Å². The topological polar surface area (TPSA) is 69.7 Å². The Balaban J connectivity index is 1.48. The third kappa shape index (κ3) is 5.66. The van der Waals surface area contributed by atoms with Crippen molar-refractivity contribution in [2.24, 2.45) is 5.92 Å². The first-order valence-corrected chi connectivity index (χ1v) is 10.9. The monoisotopic (exact) mass is 399 g/mol. The number of carbonyl (C=O) groups excluding carboxylic acids is 3. The number of amides is 2. The number of hydrogen-bond acceptors (Lipinski definition) is 4. The van der Waals surface area contributed by atoms with E-state index in [2.05, 4.69) is 15.1 Å². The first-order chi connectivity index (χ1) is 14.0. The smallest absolute Gasteiger partial charge is 0.241 e. The van der Waals surface area contributed by atoms with Crippen molar-refractivity contribution < 1.29 is 14.4 Å².